The first-order valence-corrected chi connectivity index (χ1v) is 11.4. The van der Waals surface area contributed by atoms with Gasteiger partial charge >= 0.3 is 12.1 Å². The van der Waals surface area contributed by atoms with Gasteiger partial charge in [0.2, 0.25) is 0 Å². The standard InChI is InChI=1S/C27H23FN2O5/c28-16-11-12-23(21(13-16)25(31)30-24(26(32)33)15-9-10-15)29-27(34)35-14-22-19-7-3-1-5-17(19)18-6-2-4-8-20(18)22/h1-8,11-13,15,22,24H,9-10,14H2,(H,29,34)(H,30,31)(H,32,33). The Kier molecular flexibility index (Phi) is 5.94. The molecule has 35 heavy (non-hydrogen) atoms. The molecule has 0 spiro atoms. The van der Waals surface area contributed by atoms with Crippen LogP contribution in [0.3, 0.4) is 0 Å². The van der Waals surface area contributed by atoms with Crippen LogP contribution < -0.4 is 10.6 Å². The van der Waals surface area contributed by atoms with Crippen LogP contribution in [0, 0.1) is 11.7 Å². The first kappa shape index (κ1) is 22.6. The van der Waals surface area contributed by atoms with Gasteiger partial charge in [0.05, 0.1) is 11.3 Å². The largest absolute Gasteiger partial charge is 0.480 e. The van der Waals surface area contributed by atoms with Gasteiger partial charge in [0.1, 0.15) is 18.5 Å². The number of rotatable bonds is 7. The average molecular weight is 474 g/mol. The normalized spacial score (nSPS) is 15.0. The highest BCUT2D eigenvalue weighted by atomic mass is 19.1. The molecule has 1 saturated carbocycles. The van der Waals surface area contributed by atoms with E-state index in [0.29, 0.717) is 12.8 Å². The van der Waals surface area contributed by atoms with Gasteiger partial charge in [-0.25, -0.2) is 14.0 Å². The molecular formula is C27H23FN2O5. The third-order valence-electron chi connectivity index (χ3n) is 6.45. The summed E-state index contributed by atoms with van der Waals surface area (Å²) in [4.78, 5) is 36.9. The Morgan fingerprint density at radius 1 is 0.971 bits per heavy atom. The van der Waals surface area contributed by atoms with Gasteiger partial charge < -0.3 is 15.2 Å². The molecule has 2 amide bonds. The highest BCUT2D eigenvalue weighted by Crippen LogP contribution is 2.44. The maximum absolute atomic E-state index is 13.9. The molecule has 0 aliphatic heterocycles. The van der Waals surface area contributed by atoms with Gasteiger partial charge in [-0.2, -0.15) is 0 Å². The molecule has 1 fully saturated rings. The van der Waals surface area contributed by atoms with Gasteiger partial charge in [0, 0.05) is 5.92 Å². The highest BCUT2D eigenvalue weighted by Gasteiger charge is 2.38. The van der Waals surface area contributed by atoms with Gasteiger partial charge in [-0.15, -0.1) is 0 Å². The molecule has 2 aliphatic carbocycles. The minimum absolute atomic E-state index is 0.0288. The van der Waals surface area contributed by atoms with Crippen molar-refractivity contribution in [2.75, 3.05) is 11.9 Å². The van der Waals surface area contributed by atoms with Crippen molar-refractivity contribution in [3.05, 3.63) is 89.2 Å². The number of fused-ring (bicyclic) bond motifs is 3. The molecule has 3 aromatic carbocycles. The molecule has 2 aliphatic rings. The van der Waals surface area contributed by atoms with Gasteiger partial charge in [-0.3, -0.25) is 10.1 Å². The number of carbonyl (C=O) groups excluding carboxylic acids is 2. The van der Waals surface area contributed by atoms with Crippen molar-refractivity contribution in [3.8, 4) is 11.1 Å². The molecule has 5 rings (SSSR count). The maximum atomic E-state index is 13.9. The molecule has 1 atom stereocenters. The summed E-state index contributed by atoms with van der Waals surface area (Å²) >= 11 is 0. The van der Waals surface area contributed by atoms with E-state index < -0.39 is 29.8 Å². The number of anilines is 1. The Morgan fingerprint density at radius 2 is 1.60 bits per heavy atom. The van der Waals surface area contributed by atoms with E-state index in [1.165, 1.54) is 6.07 Å². The van der Waals surface area contributed by atoms with Crippen molar-refractivity contribution in [1.29, 1.82) is 0 Å². The number of nitrogens with one attached hydrogen (secondary N) is 2. The minimum atomic E-state index is -1.15. The monoisotopic (exact) mass is 474 g/mol. The summed E-state index contributed by atoms with van der Waals surface area (Å²) < 4.78 is 19.4. The second-order valence-electron chi connectivity index (χ2n) is 8.77. The molecule has 8 heteroatoms. The molecule has 0 radical (unpaired) electrons. The second-order valence-corrected chi connectivity index (χ2v) is 8.77. The zero-order valence-corrected chi connectivity index (χ0v) is 18.7. The SMILES string of the molecule is O=C(Nc1ccc(F)cc1C(=O)NC(C(=O)O)C1CC1)OCC1c2ccccc2-c2ccccc21. The molecule has 3 N–H and O–H groups in total. The number of aliphatic carboxylic acids is 1. The van der Waals surface area contributed by atoms with Crippen LogP contribution in [0.4, 0.5) is 14.9 Å². The second kappa shape index (κ2) is 9.21. The van der Waals surface area contributed by atoms with E-state index in [0.717, 1.165) is 34.4 Å². The number of hydrogen-bond acceptors (Lipinski definition) is 4. The van der Waals surface area contributed by atoms with Crippen LogP contribution >= 0.6 is 0 Å². The fourth-order valence-electron chi connectivity index (χ4n) is 4.59. The first-order chi connectivity index (χ1) is 16.9. The van der Waals surface area contributed by atoms with Crippen LogP contribution in [0.2, 0.25) is 0 Å². The lowest BCUT2D eigenvalue weighted by Gasteiger charge is -2.17. The van der Waals surface area contributed by atoms with E-state index in [1.807, 2.05) is 48.5 Å². The van der Waals surface area contributed by atoms with Crippen molar-refractivity contribution in [2.45, 2.75) is 24.8 Å². The summed E-state index contributed by atoms with van der Waals surface area (Å²) in [5.41, 5.74) is 4.16. The van der Waals surface area contributed by atoms with Gasteiger partial charge in [-0.05, 0) is 59.2 Å². The van der Waals surface area contributed by atoms with Gasteiger partial charge in [0.15, 0.2) is 0 Å². The molecule has 7 nitrogen and oxygen atoms in total. The van der Waals surface area contributed by atoms with Crippen LogP contribution in [0.1, 0.15) is 40.2 Å². The van der Waals surface area contributed by atoms with Crippen LogP contribution in [-0.2, 0) is 9.53 Å². The van der Waals surface area contributed by atoms with E-state index >= 15 is 0 Å². The summed E-state index contributed by atoms with van der Waals surface area (Å²) in [6, 6.07) is 18.1. The lowest BCUT2D eigenvalue weighted by molar-refractivity contribution is -0.139. The number of ether oxygens (including phenoxy) is 1. The minimum Gasteiger partial charge on any atom is -0.480 e. The Bertz CT molecular complexity index is 1270. The number of carbonyl (C=O) groups is 3. The maximum Gasteiger partial charge on any atom is 0.411 e. The summed E-state index contributed by atoms with van der Waals surface area (Å²) in [6.45, 7) is 0.0748. The number of hydrogen-bond donors (Lipinski definition) is 3. The molecular weight excluding hydrogens is 451 g/mol. The molecule has 178 valence electrons. The third kappa shape index (κ3) is 4.59. The third-order valence-corrected chi connectivity index (χ3v) is 6.45. The first-order valence-electron chi connectivity index (χ1n) is 11.4. The van der Waals surface area contributed by atoms with E-state index in [1.54, 1.807) is 0 Å². The van der Waals surface area contributed by atoms with Crippen molar-refractivity contribution >= 4 is 23.7 Å². The van der Waals surface area contributed by atoms with E-state index in [4.69, 9.17) is 4.74 Å². The van der Waals surface area contributed by atoms with Crippen LogP contribution in [-0.4, -0.2) is 35.7 Å². The van der Waals surface area contributed by atoms with Crippen LogP contribution in [0.5, 0.6) is 0 Å². The van der Waals surface area contributed by atoms with Crippen molar-refractivity contribution in [1.82, 2.24) is 5.32 Å². The molecule has 0 aromatic heterocycles. The van der Waals surface area contributed by atoms with E-state index in [9.17, 15) is 23.9 Å². The van der Waals surface area contributed by atoms with Crippen molar-refractivity contribution in [3.63, 3.8) is 0 Å². The number of halogens is 1. The number of carboxylic acid groups (broad SMARTS) is 1. The van der Waals surface area contributed by atoms with Gasteiger partial charge in [0.25, 0.3) is 5.91 Å². The van der Waals surface area contributed by atoms with Crippen molar-refractivity contribution < 1.29 is 28.6 Å². The molecule has 3 aromatic rings. The predicted molar refractivity (Wildman–Crippen MR) is 127 cm³/mol. The predicted octanol–water partition coefficient (Wildman–Crippen LogP) is 4.78. The fourth-order valence-corrected chi connectivity index (χ4v) is 4.59. The number of benzene rings is 3. The molecule has 0 bridgehead atoms. The quantitative estimate of drug-likeness (QED) is 0.457. The Labute approximate surface area is 200 Å². The van der Waals surface area contributed by atoms with Gasteiger partial charge in [-0.1, -0.05) is 48.5 Å². The fraction of sp³-hybridized carbons (Fsp3) is 0.222. The smallest absolute Gasteiger partial charge is 0.411 e. The number of amides is 2. The summed E-state index contributed by atoms with van der Waals surface area (Å²) in [6.07, 6.45) is 0.598. The Hall–Kier alpha value is -4.20. The highest BCUT2D eigenvalue weighted by molar-refractivity contribution is 6.04. The molecule has 0 saturated heterocycles. The van der Waals surface area contributed by atoms with E-state index in [-0.39, 0.29) is 29.7 Å². The molecule has 0 heterocycles. The number of carboxylic acids is 1. The van der Waals surface area contributed by atoms with E-state index in [2.05, 4.69) is 10.6 Å². The zero-order valence-electron chi connectivity index (χ0n) is 18.7. The average Bonchev–Trinajstić information content (AvgIpc) is 3.64. The summed E-state index contributed by atoms with van der Waals surface area (Å²) in [5.74, 6) is -2.91. The Morgan fingerprint density at radius 3 is 2.20 bits per heavy atom. The zero-order chi connectivity index (χ0) is 24.5. The summed E-state index contributed by atoms with van der Waals surface area (Å²) in [7, 11) is 0. The Balaban J connectivity index is 1.29. The van der Waals surface area contributed by atoms with Crippen LogP contribution in [0.25, 0.3) is 11.1 Å². The van der Waals surface area contributed by atoms with Crippen molar-refractivity contribution in [2.24, 2.45) is 5.92 Å². The topological polar surface area (TPSA) is 105 Å². The lowest BCUT2D eigenvalue weighted by atomic mass is 9.98. The molecule has 1 unspecified atom stereocenters. The lowest BCUT2D eigenvalue weighted by Crippen LogP contribution is -2.42. The van der Waals surface area contributed by atoms with Crippen LogP contribution in [0.15, 0.2) is 66.7 Å². The summed E-state index contributed by atoms with van der Waals surface area (Å²) in [5, 5.41) is 14.3.